The molecule has 0 fully saturated rings. The predicted octanol–water partition coefficient (Wildman–Crippen LogP) is 3.93. The van der Waals surface area contributed by atoms with Crippen LogP contribution in [0.5, 0.6) is 0 Å². The van der Waals surface area contributed by atoms with Crippen LogP contribution in [-0.4, -0.2) is 9.97 Å². The van der Waals surface area contributed by atoms with Gasteiger partial charge in [-0.3, -0.25) is 0 Å². The summed E-state index contributed by atoms with van der Waals surface area (Å²) in [5.41, 5.74) is 0. The van der Waals surface area contributed by atoms with Gasteiger partial charge >= 0.3 is 0 Å². The molecule has 0 spiro atoms. The van der Waals surface area contributed by atoms with Crippen LogP contribution in [0.3, 0.4) is 0 Å². The third-order valence-electron chi connectivity index (χ3n) is 1.62. The molecule has 0 unspecified atom stereocenters. The van der Waals surface area contributed by atoms with Crippen LogP contribution in [0.2, 0.25) is 10.2 Å². The van der Waals surface area contributed by atoms with E-state index in [2.05, 4.69) is 9.97 Å². The van der Waals surface area contributed by atoms with E-state index in [4.69, 9.17) is 23.2 Å². The largest absolute Gasteiger partial charge is 0.248 e. The van der Waals surface area contributed by atoms with Crippen molar-refractivity contribution in [1.29, 1.82) is 0 Å². The third-order valence-corrected chi connectivity index (χ3v) is 2.99. The Morgan fingerprint density at radius 3 is 2.60 bits per heavy atom. The number of pyridine rings is 2. The smallest absolute Gasteiger partial charge is 0.130 e. The van der Waals surface area contributed by atoms with E-state index in [1.54, 1.807) is 24.5 Å². The van der Waals surface area contributed by atoms with E-state index >= 15 is 0 Å². The van der Waals surface area contributed by atoms with Gasteiger partial charge in [-0.2, -0.15) is 0 Å². The van der Waals surface area contributed by atoms with Crippen molar-refractivity contribution in [2.24, 2.45) is 0 Å². The summed E-state index contributed by atoms with van der Waals surface area (Å²) in [6.07, 6.45) is 3.28. The van der Waals surface area contributed by atoms with E-state index in [-0.39, 0.29) is 0 Å². The van der Waals surface area contributed by atoms with Crippen LogP contribution >= 0.6 is 35.0 Å². The van der Waals surface area contributed by atoms with Gasteiger partial charge in [0.1, 0.15) is 10.2 Å². The lowest BCUT2D eigenvalue weighted by Gasteiger charge is -2.00. The zero-order valence-corrected chi connectivity index (χ0v) is 9.85. The number of halogens is 2. The molecule has 0 aromatic carbocycles. The second-order valence-electron chi connectivity index (χ2n) is 2.73. The molecule has 0 saturated heterocycles. The van der Waals surface area contributed by atoms with Crippen molar-refractivity contribution >= 4 is 35.0 Å². The molecule has 2 heterocycles. The summed E-state index contributed by atoms with van der Waals surface area (Å²) < 4.78 is 0. The van der Waals surface area contributed by atoms with Gasteiger partial charge in [0.2, 0.25) is 0 Å². The van der Waals surface area contributed by atoms with Crippen molar-refractivity contribution in [2.45, 2.75) is 9.92 Å². The summed E-state index contributed by atoms with van der Waals surface area (Å²) in [5, 5.41) is 1.99. The molecule has 0 bridgehead atoms. The minimum atomic E-state index is 0.481. The average Bonchev–Trinajstić information content (AvgIpc) is 2.22. The van der Waals surface area contributed by atoms with Gasteiger partial charge in [-0.1, -0.05) is 35.0 Å². The Kier molecular flexibility index (Phi) is 3.46. The maximum atomic E-state index is 5.77. The molecule has 0 saturated carbocycles. The highest BCUT2D eigenvalue weighted by molar-refractivity contribution is 7.99. The third kappa shape index (κ3) is 3.09. The van der Waals surface area contributed by atoms with E-state index in [0.29, 0.717) is 10.2 Å². The lowest BCUT2D eigenvalue weighted by atomic mass is 10.5. The molecule has 15 heavy (non-hydrogen) atoms. The molecule has 2 rings (SSSR count). The van der Waals surface area contributed by atoms with Gasteiger partial charge < -0.3 is 0 Å². The van der Waals surface area contributed by atoms with E-state index < -0.39 is 0 Å². The fourth-order valence-corrected chi connectivity index (χ4v) is 2.12. The maximum absolute atomic E-state index is 5.77. The molecule has 2 nitrogen and oxygen atoms in total. The summed E-state index contributed by atoms with van der Waals surface area (Å²) >= 11 is 13.0. The number of aromatic nitrogens is 2. The molecule has 2 aromatic rings. The Hall–Kier alpha value is -0.770. The normalized spacial score (nSPS) is 10.3. The molecule has 0 amide bonds. The van der Waals surface area contributed by atoms with Gasteiger partial charge in [-0.05, 0) is 24.3 Å². The standard InChI is InChI=1S/C10H6Cl2N2S/c11-7-1-2-10(14-6-7)15-8-3-4-13-9(12)5-8/h1-6H. The first-order chi connectivity index (χ1) is 7.24. The van der Waals surface area contributed by atoms with Gasteiger partial charge in [-0.25, -0.2) is 9.97 Å². The lowest BCUT2D eigenvalue weighted by molar-refractivity contribution is 1.13. The SMILES string of the molecule is Clc1ccc(Sc2ccnc(Cl)c2)nc1. The highest BCUT2D eigenvalue weighted by atomic mass is 35.5. The van der Waals surface area contributed by atoms with Gasteiger partial charge in [0.05, 0.1) is 5.02 Å². The van der Waals surface area contributed by atoms with Gasteiger partial charge in [0.15, 0.2) is 0 Å². The number of rotatable bonds is 2. The first kappa shape index (κ1) is 10.7. The predicted molar refractivity (Wildman–Crippen MR) is 62.6 cm³/mol. The number of nitrogens with zero attached hydrogens (tertiary/aromatic N) is 2. The van der Waals surface area contributed by atoms with Crippen molar-refractivity contribution in [1.82, 2.24) is 9.97 Å². The van der Waals surface area contributed by atoms with Crippen LogP contribution in [0.25, 0.3) is 0 Å². The van der Waals surface area contributed by atoms with Crippen LogP contribution in [0.15, 0.2) is 46.6 Å². The highest BCUT2D eigenvalue weighted by Crippen LogP contribution is 2.27. The maximum Gasteiger partial charge on any atom is 0.130 e. The Bertz CT molecular complexity index is 459. The fourth-order valence-electron chi connectivity index (χ4n) is 0.992. The second-order valence-corrected chi connectivity index (χ2v) is 4.65. The van der Waals surface area contributed by atoms with Gasteiger partial charge in [0.25, 0.3) is 0 Å². The molecule has 76 valence electrons. The van der Waals surface area contributed by atoms with E-state index in [0.717, 1.165) is 9.92 Å². The zero-order chi connectivity index (χ0) is 10.7. The lowest BCUT2D eigenvalue weighted by Crippen LogP contribution is -1.80. The van der Waals surface area contributed by atoms with Gasteiger partial charge in [0, 0.05) is 17.3 Å². The molecule has 2 aromatic heterocycles. The zero-order valence-electron chi connectivity index (χ0n) is 7.52. The topological polar surface area (TPSA) is 25.8 Å². The molecule has 0 atom stereocenters. The Morgan fingerprint density at radius 1 is 1.07 bits per heavy atom. The first-order valence-electron chi connectivity index (χ1n) is 4.15. The summed E-state index contributed by atoms with van der Waals surface area (Å²) in [6, 6.07) is 7.34. The Morgan fingerprint density at radius 2 is 1.93 bits per heavy atom. The monoisotopic (exact) mass is 256 g/mol. The highest BCUT2D eigenvalue weighted by Gasteiger charge is 1.99. The molecular weight excluding hydrogens is 251 g/mol. The Labute approximate surface area is 102 Å². The molecule has 0 aliphatic heterocycles. The van der Waals surface area contributed by atoms with E-state index in [9.17, 15) is 0 Å². The second kappa shape index (κ2) is 4.84. The Balaban J connectivity index is 2.18. The van der Waals surface area contributed by atoms with Crippen molar-refractivity contribution in [3.05, 3.63) is 46.8 Å². The van der Waals surface area contributed by atoms with E-state index in [1.807, 2.05) is 12.1 Å². The number of hydrogen-bond donors (Lipinski definition) is 0. The summed E-state index contributed by atoms with van der Waals surface area (Å²) in [4.78, 5) is 9.08. The van der Waals surface area contributed by atoms with Crippen LogP contribution in [-0.2, 0) is 0 Å². The average molecular weight is 257 g/mol. The fraction of sp³-hybridized carbons (Fsp3) is 0. The van der Waals surface area contributed by atoms with Crippen LogP contribution in [0.1, 0.15) is 0 Å². The molecule has 0 radical (unpaired) electrons. The van der Waals surface area contributed by atoms with Crippen molar-refractivity contribution in [3.8, 4) is 0 Å². The van der Waals surface area contributed by atoms with Gasteiger partial charge in [-0.15, -0.1) is 0 Å². The molecule has 0 aliphatic rings. The minimum Gasteiger partial charge on any atom is -0.248 e. The molecule has 5 heteroatoms. The number of hydrogen-bond acceptors (Lipinski definition) is 3. The van der Waals surface area contributed by atoms with Crippen LogP contribution in [0.4, 0.5) is 0 Å². The van der Waals surface area contributed by atoms with Crippen LogP contribution < -0.4 is 0 Å². The van der Waals surface area contributed by atoms with Crippen molar-refractivity contribution in [3.63, 3.8) is 0 Å². The summed E-state index contributed by atoms with van der Waals surface area (Å²) in [7, 11) is 0. The summed E-state index contributed by atoms with van der Waals surface area (Å²) in [5.74, 6) is 0. The van der Waals surface area contributed by atoms with Crippen molar-refractivity contribution < 1.29 is 0 Å². The quantitative estimate of drug-likeness (QED) is 0.762. The molecule has 0 aliphatic carbocycles. The summed E-state index contributed by atoms with van der Waals surface area (Å²) in [6.45, 7) is 0. The van der Waals surface area contributed by atoms with Crippen LogP contribution in [0, 0.1) is 0 Å². The first-order valence-corrected chi connectivity index (χ1v) is 5.72. The molecular formula is C10H6Cl2N2S. The molecule has 0 N–H and O–H groups in total. The van der Waals surface area contributed by atoms with Crippen molar-refractivity contribution in [2.75, 3.05) is 0 Å². The van der Waals surface area contributed by atoms with E-state index in [1.165, 1.54) is 11.8 Å². The minimum absolute atomic E-state index is 0.481.